The average molecular weight is 354 g/mol. The van der Waals surface area contributed by atoms with Crippen molar-refractivity contribution in [3.8, 4) is 11.4 Å². The Hall–Kier alpha value is -2.50. The quantitative estimate of drug-likeness (QED) is 0.862. The maximum absolute atomic E-state index is 12.8. The van der Waals surface area contributed by atoms with Gasteiger partial charge in [0.2, 0.25) is 5.91 Å². The second-order valence-corrected chi connectivity index (χ2v) is 7.31. The molecule has 1 atom stereocenters. The van der Waals surface area contributed by atoms with Crippen LogP contribution < -0.4 is 10.9 Å². The SMILES string of the molecule is CCC(NC(=O)C1(C)CCCCC1)c1nnc(-c2ccccc2)[nH]c1=O. The maximum atomic E-state index is 12.8. The Morgan fingerprint density at radius 2 is 1.88 bits per heavy atom. The fourth-order valence-electron chi connectivity index (χ4n) is 3.56. The van der Waals surface area contributed by atoms with Crippen molar-refractivity contribution in [1.29, 1.82) is 0 Å². The Balaban J connectivity index is 1.80. The molecule has 0 spiro atoms. The van der Waals surface area contributed by atoms with Gasteiger partial charge in [0, 0.05) is 11.0 Å². The lowest BCUT2D eigenvalue weighted by atomic mass is 9.75. The van der Waals surface area contributed by atoms with Crippen LogP contribution in [-0.4, -0.2) is 21.1 Å². The van der Waals surface area contributed by atoms with Crippen LogP contribution in [0.4, 0.5) is 0 Å². The van der Waals surface area contributed by atoms with E-state index in [9.17, 15) is 9.59 Å². The highest BCUT2D eigenvalue weighted by Gasteiger charge is 2.36. The molecule has 26 heavy (non-hydrogen) atoms. The molecule has 6 heteroatoms. The number of benzene rings is 1. The van der Waals surface area contributed by atoms with E-state index in [1.54, 1.807) is 0 Å². The molecule has 6 nitrogen and oxygen atoms in total. The molecule has 0 radical (unpaired) electrons. The van der Waals surface area contributed by atoms with Gasteiger partial charge in [-0.1, -0.05) is 63.4 Å². The molecule has 3 rings (SSSR count). The van der Waals surface area contributed by atoms with Crippen molar-refractivity contribution in [3.63, 3.8) is 0 Å². The number of hydrogen-bond acceptors (Lipinski definition) is 4. The van der Waals surface area contributed by atoms with Gasteiger partial charge in [0.1, 0.15) is 0 Å². The van der Waals surface area contributed by atoms with E-state index in [1.165, 1.54) is 6.42 Å². The summed E-state index contributed by atoms with van der Waals surface area (Å²) in [6.07, 6.45) is 5.71. The number of nitrogens with zero attached hydrogens (tertiary/aromatic N) is 2. The predicted molar refractivity (Wildman–Crippen MR) is 100 cm³/mol. The van der Waals surface area contributed by atoms with Gasteiger partial charge in [-0.15, -0.1) is 10.2 Å². The smallest absolute Gasteiger partial charge is 0.275 e. The van der Waals surface area contributed by atoms with Crippen molar-refractivity contribution in [2.24, 2.45) is 5.41 Å². The summed E-state index contributed by atoms with van der Waals surface area (Å²) in [6, 6.07) is 8.96. The lowest BCUT2D eigenvalue weighted by Gasteiger charge is -2.33. The molecule has 0 bridgehead atoms. The Bertz CT molecular complexity index is 810. The van der Waals surface area contributed by atoms with Crippen LogP contribution >= 0.6 is 0 Å². The van der Waals surface area contributed by atoms with Crippen LogP contribution in [0.2, 0.25) is 0 Å². The number of amides is 1. The summed E-state index contributed by atoms with van der Waals surface area (Å²) in [5.41, 5.74) is 0.408. The summed E-state index contributed by atoms with van der Waals surface area (Å²) in [5.74, 6) is 0.442. The Morgan fingerprint density at radius 1 is 1.19 bits per heavy atom. The zero-order valence-corrected chi connectivity index (χ0v) is 15.4. The molecule has 1 aromatic carbocycles. The molecular formula is C20H26N4O2. The number of carbonyl (C=O) groups excluding carboxylic acids is 1. The normalized spacial score (nSPS) is 17.5. The second kappa shape index (κ2) is 7.81. The zero-order chi connectivity index (χ0) is 18.6. The number of H-pyrrole nitrogens is 1. The van der Waals surface area contributed by atoms with Gasteiger partial charge in [-0.05, 0) is 19.3 Å². The minimum Gasteiger partial charge on any atom is -0.347 e. The van der Waals surface area contributed by atoms with Crippen molar-refractivity contribution in [2.45, 2.75) is 58.4 Å². The van der Waals surface area contributed by atoms with Gasteiger partial charge in [0.25, 0.3) is 5.56 Å². The van der Waals surface area contributed by atoms with Crippen molar-refractivity contribution in [3.05, 3.63) is 46.4 Å². The molecule has 1 fully saturated rings. The monoisotopic (exact) mass is 354 g/mol. The molecule has 138 valence electrons. The number of rotatable bonds is 5. The molecule has 2 aromatic rings. The number of aromatic nitrogens is 3. The molecule has 1 unspecified atom stereocenters. The first kappa shape index (κ1) is 18.3. The fourth-order valence-corrected chi connectivity index (χ4v) is 3.56. The standard InChI is InChI=1S/C20H26N4O2/c1-3-15(21-19(26)20(2)12-8-5-9-13-20)16-18(25)22-17(24-23-16)14-10-6-4-7-11-14/h4,6-7,10-11,15H,3,5,8-9,12-13H2,1-2H3,(H,21,26)(H,22,24,25). The number of hydrogen-bond donors (Lipinski definition) is 2. The second-order valence-electron chi connectivity index (χ2n) is 7.31. The van der Waals surface area contributed by atoms with E-state index in [-0.39, 0.29) is 22.6 Å². The van der Waals surface area contributed by atoms with E-state index >= 15 is 0 Å². The number of aromatic amines is 1. The van der Waals surface area contributed by atoms with Gasteiger partial charge < -0.3 is 10.3 Å². The van der Waals surface area contributed by atoms with Gasteiger partial charge in [-0.25, -0.2) is 0 Å². The van der Waals surface area contributed by atoms with Crippen LogP contribution in [-0.2, 0) is 4.79 Å². The van der Waals surface area contributed by atoms with Gasteiger partial charge in [-0.2, -0.15) is 0 Å². The van der Waals surface area contributed by atoms with Crippen molar-refractivity contribution in [1.82, 2.24) is 20.5 Å². The zero-order valence-electron chi connectivity index (χ0n) is 15.4. The Kier molecular flexibility index (Phi) is 5.49. The van der Waals surface area contributed by atoms with E-state index in [0.29, 0.717) is 12.2 Å². The predicted octanol–water partition coefficient (Wildman–Crippen LogP) is 3.37. The third-order valence-corrected chi connectivity index (χ3v) is 5.32. The molecule has 1 aliphatic rings. The fraction of sp³-hybridized carbons (Fsp3) is 0.500. The van der Waals surface area contributed by atoms with Gasteiger partial charge in [-0.3, -0.25) is 9.59 Å². The van der Waals surface area contributed by atoms with E-state index in [1.807, 2.05) is 44.2 Å². The molecular weight excluding hydrogens is 328 g/mol. The van der Waals surface area contributed by atoms with Crippen LogP contribution in [0.25, 0.3) is 11.4 Å². The molecule has 1 aliphatic carbocycles. The van der Waals surface area contributed by atoms with E-state index < -0.39 is 6.04 Å². The number of nitrogens with one attached hydrogen (secondary N) is 2. The van der Waals surface area contributed by atoms with Crippen molar-refractivity contribution < 1.29 is 4.79 Å². The summed E-state index contributed by atoms with van der Waals surface area (Å²) >= 11 is 0. The highest BCUT2D eigenvalue weighted by Crippen LogP contribution is 2.36. The highest BCUT2D eigenvalue weighted by atomic mass is 16.2. The third kappa shape index (κ3) is 3.84. The minimum atomic E-state index is -0.428. The van der Waals surface area contributed by atoms with Crippen LogP contribution in [0.15, 0.2) is 35.1 Å². The first-order chi connectivity index (χ1) is 12.5. The summed E-state index contributed by atoms with van der Waals surface area (Å²) in [5, 5.41) is 11.3. The lowest BCUT2D eigenvalue weighted by molar-refractivity contribution is -0.132. The van der Waals surface area contributed by atoms with Gasteiger partial charge in [0.15, 0.2) is 11.5 Å². The molecule has 1 amide bonds. The first-order valence-corrected chi connectivity index (χ1v) is 9.37. The number of carbonyl (C=O) groups is 1. The summed E-state index contributed by atoms with van der Waals surface area (Å²) in [6.45, 7) is 3.95. The average Bonchev–Trinajstić information content (AvgIpc) is 2.67. The van der Waals surface area contributed by atoms with E-state index in [4.69, 9.17) is 0 Å². The van der Waals surface area contributed by atoms with Crippen LogP contribution in [0.1, 0.15) is 64.1 Å². The Labute approximate surface area is 153 Å². The van der Waals surface area contributed by atoms with E-state index in [2.05, 4.69) is 20.5 Å². The van der Waals surface area contributed by atoms with E-state index in [0.717, 1.165) is 31.2 Å². The first-order valence-electron chi connectivity index (χ1n) is 9.37. The molecule has 1 heterocycles. The molecule has 0 saturated heterocycles. The minimum absolute atomic E-state index is 0.0115. The van der Waals surface area contributed by atoms with Crippen LogP contribution in [0, 0.1) is 5.41 Å². The van der Waals surface area contributed by atoms with Gasteiger partial charge >= 0.3 is 0 Å². The lowest BCUT2D eigenvalue weighted by Crippen LogP contribution is -2.43. The van der Waals surface area contributed by atoms with Crippen LogP contribution in [0.5, 0.6) is 0 Å². The summed E-state index contributed by atoms with van der Waals surface area (Å²) in [7, 11) is 0. The van der Waals surface area contributed by atoms with Gasteiger partial charge in [0.05, 0.1) is 6.04 Å². The topological polar surface area (TPSA) is 87.7 Å². The maximum Gasteiger partial charge on any atom is 0.275 e. The van der Waals surface area contributed by atoms with Crippen molar-refractivity contribution in [2.75, 3.05) is 0 Å². The van der Waals surface area contributed by atoms with Crippen molar-refractivity contribution >= 4 is 5.91 Å². The molecule has 1 saturated carbocycles. The highest BCUT2D eigenvalue weighted by molar-refractivity contribution is 5.82. The molecule has 2 N–H and O–H groups in total. The largest absolute Gasteiger partial charge is 0.347 e. The van der Waals surface area contributed by atoms with Crippen LogP contribution in [0.3, 0.4) is 0 Å². The summed E-state index contributed by atoms with van der Waals surface area (Å²) in [4.78, 5) is 28.1. The molecule has 1 aromatic heterocycles. The third-order valence-electron chi connectivity index (χ3n) is 5.32. The Morgan fingerprint density at radius 3 is 2.50 bits per heavy atom. The molecule has 0 aliphatic heterocycles. The summed E-state index contributed by atoms with van der Waals surface area (Å²) < 4.78 is 0.